The van der Waals surface area contributed by atoms with Gasteiger partial charge in [-0.05, 0) is 80.6 Å². The molecule has 5 rings (SSSR count). The number of ether oxygens (including phenoxy) is 1. The quantitative estimate of drug-likeness (QED) is 0.554. The minimum Gasteiger partial charge on any atom is -0.486 e. The summed E-state index contributed by atoms with van der Waals surface area (Å²) in [5.41, 5.74) is 3.00. The van der Waals surface area contributed by atoms with Crippen LogP contribution in [0.15, 0.2) is 60.7 Å². The van der Waals surface area contributed by atoms with Crippen LogP contribution in [-0.2, 0) is 12.0 Å². The minimum atomic E-state index is -0.443. The lowest BCUT2D eigenvalue weighted by Gasteiger charge is -2.27. The van der Waals surface area contributed by atoms with Gasteiger partial charge in [-0.1, -0.05) is 23.7 Å². The Morgan fingerprint density at radius 3 is 2.68 bits per heavy atom. The third kappa shape index (κ3) is 4.15. The number of nitrogens with zero attached hydrogens (tertiary/aromatic N) is 1. The maximum absolute atomic E-state index is 13.2. The van der Waals surface area contributed by atoms with Crippen LogP contribution in [0.4, 0.5) is 4.39 Å². The van der Waals surface area contributed by atoms with Crippen molar-refractivity contribution < 1.29 is 13.9 Å². The molecular formula is C25H22ClFN2O2. The number of amides is 1. The molecule has 1 heterocycles. The first-order valence-corrected chi connectivity index (χ1v) is 10.9. The molecule has 2 aromatic carbocycles. The lowest BCUT2D eigenvalue weighted by Crippen LogP contribution is -2.36. The van der Waals surface area contributed by atoms with E-state index in [4.69, 9.17) is 21.3 Å². The standard InChI is InChI=1S/C25H22ClFN2O2/c26-17-3-1-4-19(15-17)31-22-6-2-5-21-20(22)11-12-23(28-21)25(13-14-25)29-24(30)16-7-9-18(27)10-8-16/h1,3-4,7-12,15,22H,2,5-6,13-14H2,(H,29,30). The van der Waals surface area contributed by atoms with Gasteiger partial charge in [0.05, 0.1) is 11.2 Å². The summed E-state index contributed by atoms with van der Waals surface area (Å²) in [5, 5.41) is 3.76. The lowest BCUT2D eigenvalue weighted by molar-refractivity contribution is 0.0929. The van der Waals surface area contributed by atoms with Gasteiger partial charge in [0.25, 0.3) is 5.91 Å². The van der Waals surface area contributed by atoms with Crippen LogP contribution >= 0.6 is 11.6 Å². The zero-order valence-corrected chi connectivity index (χ0v) is 17.7. The summed E-state index contributed by atoms with van der Waals surface area (Å²) in [5.74, 6) is 0.183. The van der Waals surface area contributed by atoms with E-state index >= 15 is 0 Å². The van der Waals surface area contributed by atoms with Gasteiger partial charge in [0.1, 0.15) is 17.7 Å². The third-order valence-corrected chi connectivity index (χ3v) is 6.25. The number of halogens is 2. The van der Waals surface area contributed by atoms with Crippen LogP contribution in [0.25, 0.3) is 0 Å². The van der Waals surface area contributed by atoms with Crippen molar-refractivity contribution in [1.29, 1.82) is 0 Å². The van der Waals surface area contributed by atoms with Crippen molar-refractivity contribution in [3.05, 3.63) is 94.0 Å². The van der Waals surface area contributed by atoms with Gasteiger partial charge < -0.3 is 10.1 Å². The maximum atomic E-state index is 13.2. The summed E-state index contributed by atoms with van der Waals surface area (Å²) in [6, 6.07) is 17.1. The van der Waals surface area contributed by atoms with E-state index in [-0.39, 0.29) is 17.8 Å². The van der Waals surface area contributed by atoms with Crippen LogP contribution in [0.1, 0.15) is 59.1 Å². The molecule has 1 saturated carbocycles. The monoisotopic (exact) mass is 436 g/mol. The van der Waals surface area contributed by atoms with E-state index in [0.717, 1.165) is 54.8 Å². The number of rotatable bonds is 5. The summed E-state index contributed by atoms with van der Waals surface area (Å²) in [6.07, 6.45) is 4.42. The molecule has 1 atom stereocenters. The molecule has 3 aromatic rings. The van der Waals surface area contributed by atoms with Crippen molar-refractivity contribution in [2.45, 2.75) is 43.7 Å². The van der Waals surface area contributed by atoms with Gasteiger partial charge in [0.15, 0.2) is 0 Å². The molecule has 1 amide bonds. The number of hydrogen-bond acceptors (Lipinski definition) is 3. The molecule has 1 aromatic heterocycles. The predicted molar refractivity (Wildman–Crippen MR) is 117 cm³/mol. The molecule has 0 bridgehead atoms. The van der Waals surface area contributed by atoms with Gasteiger partial charge in [-0.3, -0.25) is 9.78 Å². The fraction of sp³-hybridized carbons (Fsp3) is 0.280. The molecule has 1 fully saturated rings. The van der Waals surface area contributed by atoms with Crippen molar-refractivity contribution in [2.24, 2.45) is 0 Å². The number of fused-ring (bicyclic) bond motifs is 1. The minimum absolute atomic E-state index is 0.0623. The Balaban J connectivity index is 1.36. The van der Waals surface area contributed by atoms with Gasteiger partial charge in [-0.15, -0.1) is 0 Å². The van der Waals surface area contributed by atoms with Gasteiger partial charge in [-0.2, -0.15) is 0 Å². The van der Waals surface area contributed by atoms with Crippen molar-refractivity contribution in [2.75, 3.05) is 0 Å². The Morgan fingerprint density at radius 2 is 1.94 bits per heavy atom. The van der Waals surface area contributed by atoms with Crippen molar-refractivity contribution >= 4 is 17.5 Å². The summed E-state index contributed by atoms with van der Waals surface area (Å²) in [6.45, 7) is 0. The largest absolute Gasteiger partial charge is 0.486 e. The first-order chi connectivity index (χ1) is 15.0. The second-order valence-electron chi connectivity index (χ2n) is 8.23. The highest BCUT2D eigenvalue weighted by Crippen LogP contribution is 2.46. The smallest absolute Gasteiger partial charge is 0.252 e. The van der Waals surface area contributed by atoms with Gasteiger partial charge >= 0.3 is 0 Å². The summed E-state index contributed by atoms with van der Waals surface area (Å²) < 4.78 is 19.4. The summed E-state index contributed by atoms with van der Waals surface area (Å²) >= 11 is 6.09. The zero-order valence-electron chi connectivity index (χ0n) is 16.9. The SMILES string of the molecule is O=C(NC1(c2ccc3c(n2)CCCC3Oc2cccc(Cl)c2)CC1)c1ccc(F)cc1. The number of nitrogens with one attached hydrogen (secondary N) is 1. The number of carbonyl (C=O) groups excluding carboxylic acids is 1. The maximum Gasteiger partial charge on any atom is 0.252 e. The highest BCUT2D eigenvalue weighted by Gasteiger charge is 2.47. The molecule has 0 spiro atoms. The van der Waals surface area contributed by atoms with Crippen LogP contribution in [0.2, 0.25) is 5.02 Å². The summed E-state index contributed by atoms with van der Waals surface area (Å²) in [7, 11) is 0. The molecule has 2 aliphatic carbocycles. The van der Waals surface area contributed by atoms with Crippen molar-refractivity contribution in [3.63, 3.8) is 0 Å². The Bertz CT molecular complexity index is 1130. The molecular weight excluding hydrogens is 415 g/mol. The van der Waals surface area contributed by atoms with E-state index in [1.165, 1.54) is 24.3 Å². The molecule has 4 nitrogen and oxygen atoms in total. The second-order valence-corrected chi connectivity index (χ2v) is 8.67. The number of aromatic nitrogens is 1. The molecule has 1 unspecified atom stereocenters. The van der Waals surface area contributed by atoms with Crippen molar-refractivity contribution in [3.8, 4) is 5.75 Å². The van der Waals surface area contributed by atoms with E-state index in [1.54, 1.807) is 0 Å². The van der Waals surface area contributed by atoms with Crippen LogP contribution in [0.3, 0.4) is 0 Å². The Hall–Kier alpha value is -2.92. The van der Waals surface area contributed by atoms with Crippen LogP contribution in [-0.4, -0.2) is 10.9 Å². The molecule has 2 aliphatic rings. The second kappa shape index (κ2) is 7.97. The van der Waals surface area contributed by atoms with Crippen molar-refractivity contribution in [1.82, 2.24) is 10.3 Å². The first kappa shape index (κ1) is 20.0. The zero-order chi connectivity index (χ0) is 21.4. The Kier molecular flexibility index (Phi) is 5.14. The number of aryl methyl sites for hydroxylation is 1. The van der Waals surface area contributed by atoms with Crippen LogP contribution in [0, 0.1) is 5.82 Å². The fourth-order valence-electron chi connectivity index (χ4n) is 4.17. The molecule has 31 heavy (non-hydrogen) atoms. The lowest BCUT2D eigenvalue weighted by atomic mass is 9.92. The summed E-state index contributed by atoms with van der Waals surface area (Å²) in [4.78, 5) is 17.6. The molecule has 0 saturated heterocycles. The molecule has 158 valence electrons. The normalized spacial score (nSPS) is 18.7. The van der Waals surface area contributed by atoms with E-state index in [0.29, 0.717) is 10.6 Å². The average Bonchev–Trinajstić information content (AvgIpc) is 3.55. The Morgan fingerprint density at radius 1 is 1.13 bits per heavy atom. The van der Waals surface area contributed by atoms with Gasteiger partial charge in [0.2, 0.25) is 0 Å². The van der Waals surface area contributed by atoms with E-state index < -0.39 is 5.54 Å². The van der Waals surface area contributed by atoms with Crippen LogP contribution in [0.5, 0.6) is 5.75 Å². The van der Waals surface area contributed by atoms with Crippen LogP contribution < -0.4 is 10.1 Å². The predicted octanol–water partition coefficient (Wildman–Crippen LogP) is 5.75. The third-order valence-electron chi connectivity index (χ3n) is 6.01. The number of pyridine rings is 1. The molecule has 0 aliphatic heterocycles. The molecule has 0 radical (unpaired) electrons. The topological polar surface area (TPSA) is 51.2 Å². The van der Waals surface area contributed by atoms with Gasteiger partial charge in [0, 0.05) is 21.8 Å². The number of carbonyl (C=O) groups is 1. The van der Waals surface area contributed by atoms with E-state index in [9.17, 15) is 9.18 Å². The van der Waals surface area contributed by atoms with E-state index in [1.807, 2.05) is 30.3 Å². The molecule has 1 N–H and O–H groups in total. The Labute approximate surface area is 185 Å². The highest BCUT2D eigenvalue weighted by atomic mass is 35.5. The number of benzene rings is 2. The van der Waals surface area contributed by atoms with Gasteiger partial charge in [-0.25, -0.2) is 4.39 Å². The average molecular weight is 437 g/mol. The fourth-order valence-corrected chi connectivity index (χ4v) is 4.35. The molecule has 6 heteroatoms. The highest BCUT2D eigenvalue weighted by molar-refractivity contribution is 6.30. The van der Waals surface area contributed by atoms with E-state index in [2.05, 4.69) is 11.4 Å². The first-order valence-electron chi connectivity index (χ1n) is 10.5. The number of hydrogen-bond donors (Lipinski definition) is 1.